The van der Waals surface area contributed by atoms with Gasteiger partial charge in [0.1, 0.15) is 6.33 Å². The highest BCUT2D eigenvalue weighted by atomic mass is 16.1. The zero-order valence-electron chi connectivity index (χ0n) is 18.3. The van der Waals surface area contributed by atoms with E-state index in [4.69, 9.17) is 0 Å². The molecule has 2 heterocycles. The van der Waals surface area contributed by atoms with Crippen molar-refractivity contribution >= 4 is 5.91 Å². The molecule has 2 aromatic heterocycles. The van der Waals surface area contributed by atoms with Gasteiger partial charge in [-0.05, 0) is 68.7 Å². The minimum atomic E-state index is -0.124. The molecule has 1 aromatic carbocycles. The van der Waals surface area contributed by atoms with Gasteiger partial charge in [0.25, 0.3) is 0 Å². The lowest BCUT2D eigenvalue weighted by Gasteiger charge is -2.29. The van der Waals surface area contributed by atoms with Crippen molar-refractivity contribution in [2.45, 2.75) is 51.4 Å². The zero-order chi connectivity index (χ0) is 21.6. The van der Waals surface area contributed by atoms with E-state index in [9.17, 15) is 4.79 Å². The molecule has 1 fully saturated rings. The molecule has 1 atom stereocenters. The number of carbonyl (C=O) groups excluding carboxylic acids is 1. The topological polar surface area (TPSA) is 67.8 Å². The van der Waals surface area contributed by atoms with E-state index in [1.165, 1.54) is 5.56 Å². The molecule has 1 saturated carbocycles. The van der Waals surface area contributed by atoms with Gasteiger partial charge in [-0.1, -0.05) is 29.8 Å². The summed E-state index contributed by atoms with van der Waals surface area (Å²) in [5, 5.41) is 3.19. The lowest BCUT2D eigenvalue weighted by molar-refractivity contribution is -0.122. The minimum absolute atomic E-state index is 0.113. The molecule has 0 radical (unpaired) electrons. The van der Waals surface area contributed by atoms with Crippen molar-refractivity contribution in [3.05, 3.63) is 78.1 Å². The molecule has 1 amide bonds. The number of aromatic nitrogens is 3. The van der Waals surface area contributed by atoms with Gasteiger partial charge in [-0.3, -0.25) is 9.78 Å². The number of nitrogens with one attached hydrogen (secondary N) is 1. The molecule has 4 rings (SSSR count). The Bertz CT molecular complexity index is 995. The molecular weight excluding hydrogens is 384 g/mol. The Labute approximate surface area is 184 Å². The molecule has 0 bridgehead atoms. The largest absolute Gasteiger partial charge is 0.355 e. The first-order valence-electron chi connectivity index (χ1n) is 11.2. The summed E-state index contributed by atoms with van der Waals surface area (Å²) in [6, 6.07) is 12.2. The van der Waals surface area contributed by atoms with Gasteiger partial charge in [0.05, 0.1) is 11.6 Å². The van der Waals surface area contributed by atoms with Crippen LogP contribution in [-0.4, -0.2) is 27.4 Å². The van der Waals surface area contributed by atoms with Gasteiger partial charge in [-0.2, -0.15) is 0 Å². The van der Waals surface area contributed by atoms with Crippen LogP contribution in [0.1, 0.15) is 61.3 Å². The molecular formula is C26H30N4O. The second-order valence-corrected chi connectivity index (χ2v) is 8.65. The molecule has 31 heavy (non-hydrogen) atoms. The zero-order valence-corrected chi connectivity index (χ0v) is 18.3. The summed E-state index contributed by atoms with van der Waals surface area (Å²) in [5.74, 6) is 0.948. The molecule has 1 aliphatic carbocycles. The summed E-state index contributed by atoms with van der Waals surface area (Å²) in [5.41, 5.74) is 5.64. The molecule has 3 aromatic rings. The normalized spacial score (nSPS) is 19.5. The fraction of sp³-hybridized carbons (Fsp3) is 0.385. The Kier molecular flexibility index (Phi) is 6.70. The Morgan fingerprint density at radius 2 is 1.74 bits per heavy atom. The van der Waals surface area contributed by atoms with Crippen LogP contribution in [0.15, 0.2) is 61.3 Å². The number of pyridine rings is 1. The molecule has 1 N–H and O–H groups in total. The van der Waals surface area contributed by atoms with Crippen LogP contribution >= 0.6 is 0 Å². The van der Waals surface area contributed by atoms with Crippen LogP contribution < -0.4 is 5.32 Å². The fourth-order valence-corrected chi connectivity index (χ4v) is 4.46. The minimum Gasteiger partial charge on any atom is -0.355 e. The van der Waals surface area contributed by atoms with Crippen LogP contribution in [0.5, 0.6) is 0 Å². The highest BCUT2D eigenvalue weighted by Crippen LogP contribution is 2.38. The van der Waals surface area contributed by atoms with Gasteiger partial charge >= 0.3 is 0 Å². The summed E-state index contributed by atoms with van der Waals surface area (Å²) >= 11 is 0. The first-order valence-corrected chi connectivity index (χ1v) is 11.2. The maximum atomic E-state index is 12.6. The van der Waals surface area contributed by atoms with Crippen molar-refractivity contribution in [2.24, 2.45) is 5.92 Å². The molecule has 0 spiro atoms. The number of hydrogen-bond acceptors (Lipinski definition) is 4. The predicted molar refractivity (Wildman–Crippen MR) is 123 cm³/mol. The van der Waals surface area contributed by atoms with Crippen molar-refractivity contribution in [3.8, 4) is 11.1 Å². The number of nitrogens with zero attached hydrogens (tertiary/aromatic N) is 3. The molecule has 0 unspecified atom stereocenters. The monoisotopic (exact) mass is 414 g/mol. The maximum absolute atomic E-state index is 12.6. The van der Waals surface area contributed by atoms with Gasteiger partial charge in [-0.15, -0.1) is 0 Å². The summed E-state index contributed by atoms with van der Waals surface area (Å²) in [7, 11) is 0. The number of aryl methyl sites for hydroxylation is 1. The predicted octanol–water partition coefficient (Wildman–Crippen LogP) is 5.04. The second kappa shape index (κ2) is 9.82. The van der Waals surface area contributed by atoms with Crippen molar-refractivity contribution in [1.82, 2.24) is 20.3 Å². The van der Waals surface area contributed by atoms with E-state index in [0.29, 0.717) is 11.8 Å². The van der Waals surface area contributed by atoms with Gasteiger partial charge in [0, 0.05) is 36.6 Å². The van der Waals surface area contributed by atoms with Gasteiger partial charge < -0.3 is 5.32 Å². The highest BCUT2D eigenvalue weighted by Gasteiger charge is 2.26. The van der Waals surface area contributed by atoms with Gasteiger partial charge in [-0.25, -0.2) is 9.97 Å². The lowest BCUT2D eigenvalue weighted by Crippen LogP contribution is -2.33. The first-order chi connectivity index (χ1) is 15.1. The van der Waals surface area contributed by atoms with E-state index in [1.807, 2.05) is 49.8 Å². The quantitative estimate of drug-likeness (QED) is 0.613. The molecule has 1 aliphatic rings. The summed E-state index contributed by atoms with van der Waals surface area (Å²) in [6.45, 7) is 4.79. The number of carbonyl (C=O) groups is 1. The number of benzene rings is 1. The van der Waals surface area contributed by atoms with Crippen molar-refractivity contribution in [2.75, 3.05) is 6.54 Å². The fourth-order valence-electron chi connectivity index (χ4n) is 4.46. The highest BCUT2D eigenvalue weighted by molar-refractivity contribution is 5.83. The smallest absolute Gasteiger partial charge is 0.227 e. The van der Waals surface area contributed by atoms with Crippen molar-refractivity contribution in [3.63, 3.8) is 0 Å². The van der Waals surface area contributed by atoms with Crippen LogP contribution in [0.2, 0.25) is 0 Å². The van der Waals surface area contributed by atoms with E-state index in [1.54, 1.807) is 6.33 Å². The molecule has 0 aliphatic heterocycles. The van der Waals surface area contributed by atoms with Crippen LogP contribution in [-0.2, 0) is 4.79 Å². The number of hydrogen-bond donors (Lipinski definition) is 1. The van der Waals surface area contributed by atoms with Crippen LogP contribution in [0.4, 0.5) is 0 Å². The number of amides is 1. The lowest BCUT2D eigenvalue weighted by atomic mass is 9.79. The SMILES string of the molecule is Cc1ccc([C@@H](C)C(=O)NCC2CCC(c3ncncc3-c3ccncc3)CC2)cc1. The van der Waals surface area contributed by atoms with Crippen LogP contribution in [0.3, 0.4) is 0 Å². The Balaban J connectivity index is 1.32. The maximum Gasteiger partial charge on any atom is 0.227 e. The Hall–Kier alpha value is -3.08. The molecule has 160 valence electrons. The van der Waals surface area contributed by atoms with E-state index in [2.05, 4.69) is 39.3 Å². The van der Waals surface area contributed by atoms with E-state index >= 15 is 0 Å². The third-order valence-electron chi connectivity index (χ3n) is 6.50. The van der Waals surface area contributed by atoms with Gasteiger partial charge in [0.15, 0.2) is 0 Å². The third-order valence-corrected chi connectivity index (χ3v) is 6.50. The molecule has 5 nitrogen and oxygen atoms in total. The van der Waals surface area contributed by atoms with E-state index in [0.717, 1.165) is 54.6 Å². The second-order valence-electron chi connectivity index (χ2n) is 8.65. The van der Waals surface area contributed by atoms with Crippen molar-refractivity contribution < 1.29 is 4.79 Å². The van der Waals surface area contributed by atoms with Crippen LogP contribution in [0, 0.1) is 12.8 Å². The molecule has 5 heteroatoms. The average Bonchev–Trinajstić information content (AvgIpc) is 2.83. The Morgan fingerprint density at radius 1 is 1.03 bits per heavy atom. The first kappa shape index (κ1) is 21.2. The van der Waals surface area contributed by atoms with E-state index < -0.39 is 0 Å². The molecule has 0 saturated heterocycles. The third kappa shape index (κ3) is 5.16. The Morgan fingerprint density at radius 3 is 2.45 bits per heavy atom. The van der Waals surface area contributed by atoms with E-state index in [-0.39, 0.29) is 11.8 Å². The van der Waals surface area contributed by atoms with Crippen LogP contribution in [0.25, 0.3) is 11.1 Å². The standard InChI is InChI=1S/C26H30N4O/c1-18-3-7-21(8-4-18)19(2)26(31)29-15-20-5-9-23(10-6-20)25-24(16-28-17-30-25)22-11-13-27-14-12-22/h3-4,7-8,11-14,16-17,19-20,23H,5-6,9-10,15H2,1-2H3,(H,29,31)/t19-,20?,23?/m1/s1. The average molecular weight is 415 g/mol. The number of rotatable bonds is 6. The summed E-state index contributed by atoms with van der Waals surface area (Å²) in [6.07, 6.45) is 11.6. The van der Waals surface area contributed by atoms with Gasteiger partial charge in [0.2, 0.25) is 5.91 Å². The summed E-state index contributed by atoms with van der Waals surface area (Å²) < 4.78 is 0. The van der Waals surface area contributed by atoms with Crippen molar-refractivity contribution in [1.29, 1.82) is 0 Å². The summed E-state index contributed by atoms with van der Waals surface area (Å²) in [4.78, 5) is 25.6.